The summed E-state index contributed by atoms with van der Waals surface area (Å²) in [7, 11) is 4.09. The van der Waals surface area contributed by atoms with E-state index in [1.807, 2.05) is 14.1 Å². The third-order valence-corrected chi connectivity index (χ3v) is 4.14. The van der Waals surface area contributed by atoms with Gasteiger partial charge in [0.15, 0.2) is 0 Å². The van der Waals surface area contributed by atoms with Crippen LogP contribution < -0.4 is 10.2 Å². The number of nitrogens with zero attached hydrogens (tertiary/aromatic N) is 1. The molecule has 20 heavy (non-hydrogen) atoms. The van der Waals surface area contributed by atoms with Crippen molar-refractivity contribution in [2.75, 3.05) is 25.5 Å². The zero-order chi connectivity index (χ0) is 15.1. The quantitative estimate of drug-likeness (QED) is 0.766. The number of hydrogen-bond donors (Lipinski definition) is 2. The number of benzene rings is 1. The number of aliphatic hydroxyl groups is 1. The zero-order valence-electron chi connectivity index (χ0n) is 13.6. The highest BCUT2D eigenvalue weighted by molar-refractivity contribution is 5.46. The third kappa shape index (κ3) is 4.80. The summed E-state index contributed by atoms with van der Waals surface area (Å²) in [6.45, 7) is 7.08. The highest BCUT2D eigenvalue weighted by atomic mass is 16.3. The highest BCUT2D eigenvalue weighted by Gasteiger charge is 2.16. The first-order valence-electron chi connectivity index (χ1n) is 7.68. The van der Waals surface area contributed by atoms with E-state index in [1.54, 1.807) is 0 Å². The van der Waals surface area contributed by atoms with E-state index in [9.17, 15) is 5.11 Å². The first kappa shape index (κ1) is 17.0. The Hall–Kier alpha value is -1.06. The van der Waals surface area contributed by atoms with Crippen LogP contribution in [0.15, 0.2) is 24.3 Å². The topological polar surface area (TPSA) is 35.5 Å². The minimum Gasteiger partial charge on any atom is -0.392 e. The second-order valence-corrected chi connectivity index (χ2v) is 5.76. The molecule has 2 unspecified atom stereocenters. The Balaban J connectivity index is 2.52. The molecule has 0 radical (unpaired) electrons. The molecule has 3 nitrogen and oxygen atoms in total. The molecular weight excluding hydrogens is 248 g/mol. The molecule has 1 aromatic carbocycles. The SMILES string of the molecule is CCC(CC)C(O)CNC(C)c1ccc(N(C)C)cc1. The Morgan fingerprint density at radius 3 is 2.10 bits per heavy atom. The van der Waals surface area contributed by atoms with Gasteiger partial charge in [-0.05, 0) is 30.5 Å². The lowest BCUT2D eigenvalue weighted by atomic mass is 9.96. The zero-order valence-corrected chi connectivity index (χ0v) is 13.6. The fourth-order valence-corrected chi connectivity index (χ4v) is 2.48. The molecule has 0 fully saturated rings. The first-order chi connectivity index (χ1) is 9.49. The molecule has 0 aromatic heterocycles. The van der Waals surface area contributed by atoms with E-state index >= 15 is 0 Å². The van der Waals surface area contributed by atoms with Crippen molar-refractivity contribution in [3.8, 4) is 0 Å². The first-order valence-corrected chi connectivity index (χ1v) is 7.68. The predicted octanol–water partition coefficient (Wildman–Crippen LogP) is 3.20. The maximum Gasteiger partial charge on any atom is 0.0692 e. The van der Waals surface area contributed by atoms with Gasteiger partial charge in [0.2, 0.25) is 0 Å². The van der Waals surface area contributed by atoms with E-state index in [0.717, 1.165) is 12.8 Å². The third-order valence-electron chi connectivity index (χ3n) is 4.14. The van der Waals surface area contributed by atoms with Crippen LogP contribution in [0.4, 0.5) is 5.69 Å². The van der Waals surface area contributed by atoms with Gasteiger partial charge >= 0.3 is 0 Å². The normalized spacial score (nSPS) is 14.3. The van der Waals surface area contributed by atoms with Gasteiger partial charge in [0.25, 0.3) is 0 Å². The van der Waals surface area contributed by atoms with Gasteiger partial charge < -0.3 is 15.3 Å². The Kier molecular flexibility index (Phi) is 7.03. The average molecular weight is 278 g/mol. The molecule has 114 valence electrons. The Bertz CT molecular complexity index is 371. The summed E-state index contributed by atoms with van der Waals surface area (Å²) in [4.78, 5) is 2.10. The molecule has 0 amide bonds. The van der Waals surface area contributed by atoms with Crippen molar-refractivity contribution in [2.24, 2.45) is 5.92 Å². The molecule has 0 bridgehead atoms. The largest absolute Gasteiger partial charge is 0.392 e. The van der Waals surface area contributed by atoms with E-state index in [1.165, 1.54) is 11.3 Å². The molecule has 0 aliphatic rings. The molecule has 1 rings (SSSR count). The molecule has 0 saturated carbocycles. The highest BCUT2D eigenvalue weighted by Crippen LogP contribution is 2.18. The van der Waals surface area contributed by atoms with E-state index in [2.05, 4.69) is 55.3 Å². The van der Waals surface area contributed by atoms with Crippen LogP contribution >= 0.6 is 0 Å². The van der Waals surface area contributed by atoms with Crippen molar-refractivity contribution in [3.63, 3.8) is 0 Å². The molecule has 2 atom stereocenters. The number of aliphatic hydroxyl groups excluding tert-OH is 1. The summed E-state index contributed by atoms with van der Waals surface area (Å²) in [6, 6.07) is 8.82. The number of rotatable bonds is 8. The van der Waals surface area contributed by atoms with Gasteiger partial charge in [-0.1, -0.05) is 38.8 Å². The van der Waals surface area contributed by atoms with Gasteiger partial charge in [0.05, 0.1) is 6.10 Å². The fourth-order valence-electron chi connectivity index (χ4n) is 2.48. The lowest BCUT2D eigenvalue weighted by molar-refractivity contribution is 0.0989. The van der Waals surface area contributed by atoms with Crippen LogP contribution in [0.1, 0.15) is 45.2 Å². The summed E-state index contributed by atoms with van der Waals surface area (Å²) in [5, 5.41) is 13.6. The average Bonchev–Trinajstić information content (AvgIpc) is 2.46. The number of nitrogens with one attached hydrogen (secondary N) is 1. The van der Waals surface area contributed by atoms with Crippen molar-refractivity contribution in [1.29, 1.82) is 0 Å². The van der Waals surface area contributed by atoms with E-state index in [0.29, 0.717) is 12.5 Å². The van der Waals surface area contributed by atoms with Crippen molar-refractivity contribution in [3.05, 3.63) is 29.8 Å². The van der Waals surface area contributed by atoms with Crippen LogP contribution in [0.2, 0.25) is 0 Å². The molecule has 0 aliphatic carbocycles. The molecule has 0 spiro atoms. The van der Waals surface area contributed by atoms with Gasteiger partial charge in [-0.25, -0.2) is 0 Å². The van der Waals surface area contributed by atoms with Crippen LogP contribution in [0.3, 0.4) is 0 Å². The van der Waals surface area contributed by atoms with E-state index in [4.69, 9.17) is 0 Å². The standard InChI is InChI=1S/C17H30N2O/c1-6-14(7-2)17(20)12-18-13(3)15-8-10-16(11-9-15)19(4)5/h8-11,13-14,17-18,20H,6-7,12H2,1-5H3. The van der Waals surface area contributed by atoms with Crippen molar-refractivity contribution in [1.82, 2.24) is 5.32 Å². The van der Waals surface area contributed by atoms with Gasteiger partial charge in [-0.15, -0.1) is 0 Å². The summed E-state index contributed by atoms with van der Waals surface area (Å²) in [5.41, 5.74) is 2.46. The molecule has 3 heteroatoms. The molecular formula is C17H30N2O. The lowest BCUT2D eigenvalue weighted by Crippen LogP contribution is -2.33. The summed E-state index contributed by atoms with van der Waals surface area (Å²) >= 11 is 0. The monoisotopic (exact) mass is 278 g/mol. The van der Waals surface area contributed by atoms with Crippen LogP contribution in [-0.4, -0.2) is 31.9 Å². The summed E-state index contributed by atoms with van der Waals surface area (Å²) in [5.74, 6) is 0.394. The second kappa shape index (κ2) is 8.28. The second-order valence-electron chi connectivity index (χ2n) is 5.76. The number of hydrogen-bond acceptors (Lipinski definition) is 3. The lowest BCUT2D eigenvalue weighted by Gasteiger charge is -2.23. The van der Waals surface area contributed by atoms with Gasteiger partial charge in [0.1, 0.15) is 0 Å². The maximum absolute atomic E-state index is 10.2. The summed E-state index contributed by atoms with van der Waals surface area (Å²) < 4.78 is 0. The maximum atomic E-state index is 10.2. The van der Waals surface area contributed by atoms with Crippen molar-refractivity contribution in [2.45, 2.75) is 45.8 Å². The molecule has 2 N–H and O–H groups in total. The molecule has 0 aliphatic heterocycles. The molecule has 0 saturated heterocycles. The predicted molar refractivity (Wildman–Crippen MR) is 87.3 cm³/mol. The van der Waals surface area contributed by atoms with Crippen molar-refractivity contribution >= 4 is 5.69 Å². The Labute approximate surface area is 124 Å². The minimum atomic E-state index is -0.256. The molecule has 0 heterocycles. The van der Waals surface area contributed by atoms with Crippen LogP contribution in [0, 0.1) is 5.92 Å². The van der Waals surface area contributed by atoms with Crippen LogP contribution in [0.5, 0.6) is 0 Å². The summed E-state index contributed by atoms with van der Waals surface area (Å²) in [6.07, 6.45) is 1.81. The fraction of sp³-hybridized carbons (Fsp3) is 0.647. The van der Waals surface area contributed by atoms with Crippen LogP contribution in [0.25, 0.3) is 0 Å². The Morgan fingerprint density at radius 1 is 1.10 bits per heavy atom. The Morgan fingerprint density at radius 2 is 1.65 bits per heavy atom. The van der Waals surface area contributed by atoms with Gasteiger partial charge in [0, 0.05) is 32.4 Å². The van der Waals surface area contributed by atoms with E-state index < -0.39 is 0 Å². The van der Waals surface area contributed by atoms with Crippen LogP contribution in [-0.2, 0) is 0 Å². The van der Waals surface area contributed by atoms with Gasteiger partial charge in [-0.3, -0.25) is 0 Å². The number of anilines is 1. The van der Waals surface area contributed by atoms with Gasteiger partial charge in [-0.2, -0.15) is 0 Å². The van der Waals surface area contributed by atoms with E-state index in [-0.39, 0.29) is 12.1 Å². The van der Waals surface area contributed by atoms with Crippen molar-refractivity contribution < 1.29 is 5.11 Å². The smallest absolute Gasteiger partial charge is 0.0692 e. The molecule has 1 aromatic rings. The minimum absolute atomic E-state index is 0.256.